The largest absolute Gasteiger partial charge is 0.399 e. The molecule has 19 heavy (non-hydrogen) atoms. The van der Waals surface area contributed by atoms with E-state index in [1.54, 1.807) is 11.3 Å². The van der Waals surface area contributed by atoms with Crippen LogP contribution in [0.2, 0.25) is 5.02 Å². The van der Waals surface area contributed by atoms with Gasteiger partial charge in [-0.1, -0.05) is 35.9 Å². The molecule has 0 unspecified atom stereocenters. The van der Waals surface area contributed by atoms with Crippen LogP contribution in [0.25, 0.3) is 21.8 Å². The Kier molecular flexibility index (Phi) is 3.23. The molecule has 0 saturated carbocycles. The Morgan fingerprint density at radius 1 is 1.00 bits per heavy atom. The lowest BCUT2D eigenvalue weighted by Crippen LogP contribution is -1.85. The van der Waals surface area contributed by atoms with E-state index >= 15 is 0 Å². The highest BCUT2D eigenvalue weighted by Crippen LogP contribution is 2.30. The lowest BCUT2D eigenvalue weighted by molar-refractivity contribution is 1.40. The number of rotatable bonds is 2. The van der Waals surface area contributed by atoms with Crippen LogP contribution in [0.3, 0.4) is 0 Å². The summed E-state index contributed by atoms with van der Waals surface area (Å²) in [6, 6.07) is 15.4. The highest BCUT2D eigenvalue weighted by molar-refractivity contribution is 7.13. The van der Waals surface area contributed by atoms with Crippen molar-refractivity contribution in [2.75, 3.05) is 5.73 Å². The summed E-state index contributed by atoms with van der Waals surface area (Å²) in [6.07, 6.45) is 0. The number of halogens is 1. The predicted octanol–water partition coefficient (Wildman–Crippen LogP) is 4.71. The predicted molar refractivity (Wildman–Crippen MR) is 82.4 cm³/mol. The molecule has 0 bridgehead atoms. The number of thiazole rings is 1. The molecule has 0 aliphatic carbocycles. The van der Waals surface area contributed by atoms with Crippen LogP contribution in [0.15, 0.2) is 53.9 Å². The van der Waals surface area contributed by atoms with Crippen LogP contribution in [0, 0.1) is 0 Å². The van der Waals surface area contributed by atoms with Gasteiger partial charge in [0.1, 0.15) is 5.01 Å². The minimum atomic E-state index is 0.733. The smallest absolute Gasteiger partial charge is 0.124 e. The molecule has 2 nitrogen and oxygen atoms in total. The highest BCUT2D eigenvalue weighted by atomic mass is 35.5. The van der Waals surface area contributed by atoms with Gasteiger partial charge in [0.15, 0.2) is 0 Å². The number of hydrogen-bond donors (Lipinski definition) is 1. The second-order valence-corrected chi connectivity index (χ2v) is 5.46. The Bertz CT molecular complexity index is 704. The molecule has 1 aromatic heterocycles. The summed E-state index contributed by atoms with van der Waals surface area (Å²) in [5.74, 6) is 0. The fourth-order valence-electron chi connectivity index (χ4n) is 1.83. The van der Waals surface area contributed by atoms with Crippen molar-refractivity contribution in [1.29, 1.82) is 0 Å². The quantitative estimate of drug-likeness (QED) is 0.693. The minimum absolute atomic E-state index is 0.733. The fraction of sp³-hybridized carbons (Fsp3) is 0. The Morgan fingerprint density at radius 2 is 1.79 bits per heavy atom. The number of aromatic nitrogens is 1. The monoisotopic (exact) mass is 286 g/mol. The van der Waals surface area contributed by atoms with Crippen LogP contribution in [-0.2, 0) is 0 Å². The standard InChI is InChI=1S/C15H11ClN2S/c16-12-6-4-10(5-7-12)15-18-14(9-19-15)11-2-1-3-13(17)8-11/h1-9H,17H2. The molecule has 2 aromatic carbocycles. The van der Waals surface area contributed by atoms with Gasteiger partial charge in [-0.3, -0.25) is 0 Å². The van der Waals surface area contributed by atoms with Crippen molar-refractivity contribution in [3.05, 3.63) is 58.9 Å². The first-order chi connectivity index (χ1) is 9.22. The summed E-state index contributed by atoms with van der Waals surface area (Å²) in [6.45, 7) is 0. The molecule has 1 heterocycles. The summed E-state index contributed by atoms with van der Waals surface area (Å²) < 4.78 is 0. The maximum absolute atomic E-state index is 5.89. The maximum atomic E-state index is 5.89. The molecule has 2 N–H and O–H groups in total. The molecule has 3 rings (SSSR count). The molecule has 0 fully saturated rings. The summed E-state index contributed by atoms with van der Waals surface area (Å²) >= 11 is 7.50. The second-order valence-electron chi connectivity index (χ2n) is 4.17. The van der Waals surface area contributed by atoms with Crippen molar-refractivity contribution in [1.82, 2.24) is 4.98 Å². The molecule has 94 valence electrons. The molecular formula is C15H11ClN2S. The zero-order valence-electron chi connectivity index (χ0n) is 10.0. The van der Waals surface area contributed by atoms with Crippen molar-refractivity contribution >= 4 is 28.6 Å². The summed E-state index contributed by atoms with van der Waals surface area (Å²) in [4.78, 5) is 4.64. The first-order valence-corrected chi connectivity index (χ1v) is 7.05. The maximum Gasteiger partial charge on any atom is 0.124 e. The lowest BCUT2D eigenvalue weighted by Gasteiger charge is -1.98. The van der Waals surface area contributed by atoms with E-state index in [-0.39, 0.29) is 0 Å². The van der Waals surface area contributed by atoms with E-state index in [1.807, 2.05) is 53.9 Å². The van der Waals surface area contributed by atoms with Gasteiger partial charge in [-0.25, -0.2) is 4.98 Å². The van der Waals surface area contributed by atoms with Crippen molar-refractivity contribution in [2.24, 2.45) is 0 Å². The average molecular weight is 287 g/mol. The fourth-order valence-corrected chi connectivity index (χ4v) is 2.79. The third-order valence-electron chi connectivity index (χ3n) is 2.78. The van der Waals surface area contributed by atoms with E-state index in [1.165, 1.54) is 0 Å². The number of benzene rings is 2. The first-order valence-electron chi connectivity index (χ1n) is 5.80. The van der Waals surface area contributed by atoms with Crippen LogP contribution in [0.1, 0.15) is 0 Å². The molecule has 0 aliphatic rings. The molecule has 4 heteroatoms. The van der Waals surface area contributed by atoms with E-state index in [2.05, 4.69) is 4.98 Å². The summed E-state index contributed by atoms with van der Waals surface area (Å²) in [7, 11) is 0. The van der Waals surface area contributed by atoms with Crippen molar-refractivity contribution < 1.29 is 0 Å². The Hall–Kier alpha value is -1.84. The van der Waals surface area contributed by atoms with Gasteiger partial charge in [-0.2, -0.15) is 0 Å². The molecule has 0 saturated heterocycles. The Morgan fingerprint density at radius 3 is 2.53 bits per heavy atom. The van der Waals surface area contributed by atoms with Gasteiger partial charge >= 0.3 is 0 Å². The van der Waals surface area contributed by atoms with E-state index in [4.69, 9.17) is 17.3 Å². The molecule has 0 spiro atoms. The van der Waals surface area contributed by atoms with E-state index in [0.29, 0.717) is 0 Å². The summed E-state index contributed by atoms with van der Waals surface area (Å²) in [5, 5.41) is 3.75. The van der Waals surface area contributed by atoms with E-state index in [9.17, 15) is 0 Å². The van der Waals surface area contributed by atoms with Crippen LogP contribution >= 0.6 is 22.9 Å². The number of nitrogen functional groups attached to an aromatic ring is 1. The van der Waals surface area contributed by atoms with Crippen molar-refractivity contribution in [2.45, 2.75) is 0 Å². The van der Waals surface area contributed by atoms with Gasteiger partial charge < -0.3 is 5.73 Å². The highest BCUT2D eigenvalue weighted by Gasteiger charge is 2.06. The Balaban J connectivity index is 1.97. The van der Waals surface area contributed by atoms with Gasteiger partial charge in [-0.05, 0) is 24.3 Å². The molecule has 3 aromatic rings. The SMILES string of the molecule is Nc1cccc(-c2csc(-c3ccc(Cl)cc3)n2)c1. The van der Waals surface area contributed by atoms with Gasteiger partial charge in [0.25, 0.3) is 0 Å². The van der Waals surface area contributed by atoms with E-state index in [0.717, 1.165) is 32.5 Å². The third kappa shape index (κ3) is 2.62. The molecule has 0 atom stereocenters. The van der Waals surface area contributed by atoms with E-state index < -0.39 is 0 Å². The summed E-state index contributed by atoms with van der Waals surface area (Å²) in [5.41, 5.74) is 9.60. The van der Waals surface area contributed by atoms with Gasteiger partial charge in [-0.15, -0.1) is 11.3 Å². The van der Waals surface area contributed by atoms with Crippen molar-refractivity contribution in [3.8, 4) is 21.8 Å². The van der Waals surface area contributed by atoms with Crippen LogP contribution in [0.4, 0.5) is 5.69 Å². The van der Waals surface area contributed by atoms with Crippen LogP contribution in [-0.4, -0.2) is 4.98 Å². The zero-order valence-corrected chi connectivity index (χ0v) is 11.6. The van der Waals surface area contributed by atoms with Gasteiger partial charge in [0.05, 0.1) is 5.69 Å². The number of anilines is 1. The second kappa shape index (κ2) is 5.03. The molecular weight excluding hydrogens is 276 g/mol. The minimum Gasteiger partial charge on any atom is -0.399 e. The van der Waals surface area contributed by atoms with Gasteiger partial charge in [0, 0.05) is 27.2 Å². The third-order valence-corrected chi connectivity index (χ3v) is 3.92. The topological polar surface area (TPSA) is 38.9 Å². The average Bonchev–Trinajstić information content (AvgIpc) is 2.89. The first kappa shape index (κ1) is 12.2. The van der Waals surface area contributed by atoms with Crippen LogP contribution in [0.5, 0.6) is 0 Å². The van der Waals surface area contributed by atoms with Gasteiger partial charge in [0.2, 0.25) is 0 Å². The van der Waals surface area contributed by atoms with Crippen molar-refractivity contribution in [3.63, 3.8) is 0 Å². The molecule has 0 amide bonds. The lowest BCUT2D eigenvalue weighted by atomic mass is 10.1. The molecule has 0 aliphatic heterocycles. The Labute approximate surface area is 120 Å². The number of hydrogen-bond acceptors (Lipinski definition) is 3. The van der Waals surface area contributed by atoms with Crippen LogP contribution < -0.4 is 5.73 Å². The number of nitrogens with zero attached hydrogens (tertiary/aromatic N) is 1. The molecule has 0 radical (unpaired) electrons. The normalized spacial score (nSPS) is 10.6. The number of nitrogens with two attached hydrogens (primary N) is 1. The zero-order chi connectivity index (χ0) is 13.2.